The van der Waals surface area contributed by atoms with Crippen LogP contribution in [-0.2, 0) is 30.5 Å². The van der Waals surface area contributed by atoms with Gasteiger partial charge in [0.25, 0.3) is 0 Å². The van der Waals surface area contributed by atoms with Crippen molar-refractivity contribution in [2.24, 2.45) is 9.98 Å². The molecule has 2 N–H and O–H groups in total. The van der Waals surface area contributed by atoms with Gasteiger partial charge in [-0.2, -0.15) is 13.2 Å². The van der Waals surface area contributed by atoms with Gasteiger partial charge in [0.2, 0.25) is 11.9 Å². The number of carbonyl (C=O) groups is 1. The average molecular weight is 485 g/mol. The number of carbonyl (C=O) groups excluding carboxylic acids is 1. The van der Waals surface area contributed by atoms with Crippen LogP contribution in [0.4, 0.5) is 17.6 Å². The van der Waals surface area contributed by atoms with Gasteiger partial charge in [-0.3, -0.25) is 14.7 Å². The molecule has 0 spiro atoms. The predicted octanol–water partition coefficient (Wildman–Crippen LogP) is 2.99. The van der Waals surface area contributed by atoms with Gasteiger partial charge in [-0.25, -0.2) is 9.38 Å². The third-order valence-electron chi connectivity index (χ3n) is 6.66. The molecular formula is C24H19F4N5O2. The Labute approximate surface area is 197 Å². The molecule has 0 saturated heterocycles. The molecule has 0 bridgehead atoms. The summed E-state index contributed by atoms with van der Waals surface area (Å²) in [7, 11) is 0. The number of hydrogen-bond donors (Lipinski definition) is 2. The third-order valence-corrected chi connectivity index (χ3v) is 6.66. The largest absolute Gasteiger partial charge is 0.493 e. The first-order valence-corrected chi connectivity index (χ1v) is 11.1. The quantitative estimate of drug-likeness (QED) is 0.642. The van der Waals surface area contributed by atoms with Gasteiger partial charge in [-0.05, 0) is 35.4 Å². The summed E-state index contributed by atoms with van der Waals surface area (Å²) in [5.74, 6) is 0.240. The second-order valence-corrected chi connectivity index (χ2v) is 8.63. The molecule has 2 aromatic rings. The van der Waals surface area contributed by atoms with Gasteiger partial charge >= 0.3 is 6.18 Å². The van der Waals surface area contributed by atoms with Crippen molar-refractivity contribution >= 4 is 23.8 Å². The van der Waals surface area contributed by atoms with Gasteiger partial charge in [0.1, 0.15) is 11.6 Å². The molecule has 180 valence electrons. The molecule has 35 heavy (non-hydrogen) atoms. The standard InChI is InChI=1S/C24H19F4N5O2/c25-18-3-4-19-15(5-6-35-19)16(18)9-30-23-31-10-17-14-2-1-13(24(26,27)28)7-12(14)8-29-22(34)20-21(17)33(23)11-32-20/h1-4,7,10-11,20-21H,5-6,8-9H2,(H,29,34)(H,30,31). The summed E-state index contributed by atoms with van der Waals surface area (Å²) in [6.45, 7) is 0.485. The van der Waals surface area contributed by atoms with E-state index in [4.69, 9.17) is 4.74 Å². The van der Waals surface area contributed by atoms with Crippen LogP contribution < -0.4 is 15.4 Å². The Morgan fingerprint density at radius 1 is 1.23 bits per heavy atom. The fourth-order valence-corrected chi connectivity index (χ4v) is 4.96. The number of amides is 1. The molecule has 0 radical (unpaired) electrons. The van der Waals surface area contributed by atoms with Gasteiger partial charge in [-0.15, -0.1) is 0 Å². The molecule has 0 aromatic heterocycles. The molecule has 2 atom stereocenters. The van der Waals surface area contributed by atoms with E-state index in [1.54, 1.807) is 17.2 Å². The number of halogens is 4. The highest BCUT2D eigenvalue weighted by Gasteiger charge is 2.44. The van der Waals surface area contributed by atoms with E-state index in [1.807, 2.05) is 0 Å². The minimum Gasteiger partial charge on any atom is -0.493 e. The van der Waals surface area contributed by atoms with E-state index in [2.05, 4.69) is 20.6 Å². The van der Waals surface area contributed by atoms with E-state index in [0.29, 0.717) is 47.0 Å². The van der Waals surface area contributed by atoms with E-state index in [9.17, 15) is 22.4 Å². The molecule has 7 nitrogen and oxygen atoms in total. The highest BCUT2D eigenvalue weighted by molar-refractivity contribution is 6.03. The lowest BCUT2D eigenvalue weighted by molar-refractivity contribution is -0.137. The summed E-state index contributed by atoms with van der Waals surface area (Å²) in [6.07, 6.45) is -0.778. The molecule has 11 heteroatoms. The lowest BCUT2D eigenvalue weighted by Crippen LogP contribution is -2.54. The Hall–Kier alpha value is -3.89. The van der Waals surface area contributed by atoms with Crippen LogP contribution in [-0.4, -0.2) is 41.8 Å². The van der Waals surface area contributed by atoms with Gasteiger partial charge in [0.15, 0.2) is 6.04 Å². The van der Waals surface area contributed by atoms with Crippen molar-refractivity contribution in [3.05, 3.63) is 70.2 Å². The maximum atomic E-state index is 14.6. The number of aliphatic imine (C=N–C) groups is 2. The number of nitrogens with one attached hydrogen (secondary N) is 2. The minimum atomic E-state index is -4.50. The summed E-state index contributed by atoms with van der Waals surface area (Å²) in [5.41, 5.74) is 2.01. The van der Waals surface area contributed by atoms with Crippen molar-refractivity contribution in [2.45, 2.75) is 37.8 Å². The molecule has 0 aliphatic carbocycles. The molecule has 4 heterocycles. The zero-order valence-corrected chi connectivity index (χ0v) is 18.2. The van der Waals surface area contributed by atoms with E-state index >= 15 is 0 Å². The Morgan fingerprint density at radius 2 is 2.09 bits per heavy atom. The molecular weight excluding hydrogens is 466 g/mol. The molecule has 2 unspecified atom stereocenters. The number of alkyl halides is 3. The van der Waals surface area contributed by atoms with Crippen LogP contribution in [0, 0.1) is 5.82 Å². The predicted molar refractivity (Wildman–Crippen MR) is 119 cm³/mol. The third kappa shape index (κ3) is 3.53. The van der Waals surface area contributed by atoms with Crippen molar-refractivity contribution in [3.8, 4) is 5.75 Å². The molecule has 6 rings (SSSR count). The van der Waals surface area contributed by atoms with Gasteiger partial charge < -0.3 is 15.4 Å². The monoisotopic (exact) mass is 485 g/mol. The Kier molecular flexibility index (Phi) is 4.83. The van der Waals surface area contributed by atoms with E-state index in [0.717, 1.165) is 17.7 Å². The molecule has 0 saturated carbocycles. The first-order chi connectivity index (χ1) is 16.8. The summed E-state index contributed by atoms with van der Waals surface area (Å²) in [5, 5.41) is 5.76. The van der Waals surface area contributed by atoms with E-state index < -0.39 is 29.7 Å². The number of rotatable bonds is 2. The summed E-state index contributed by atoms with van der Waals surface area (Å²) < 4.78 is 59.9. The second-order valence-electron chi connectivity index (χ2n) is 8.63. The van der Waals surface area contributed by atoms with E-state index in [-0.39, 0.29) is 18.9 Å². The van der Waals surface area contributed by atoms with Crippen molar-refractivity contribution in [1.29, 1.82) is 0 Å². The lowest BCUT2D eigenvalue weighted by Gasteiger charge is -2.36. The number of benzene rings is 2. The second kappa shape index (κ2) is 7.82. The highest BCUT2D eigenvalue weighted by Crippen LogP contribution is 2.38. The summed E-state index contributed by atoms with van der Waals surface area (Å²) >= 11 is 0. The van der Waals surface area contributed by atoms with Crippen LogP contribution in [0.2, 0.25) is 0 Å². The SMILES string of the molecule is O=C1NCc2cc(C(F)(F)F)ccc2C2=CNC(=NCc3c(F)ccc4c3CCO4)N3C=NC1C23. The van der Waals surface area contributed by atoms with Gasteiger partial charge in [-0.1, -0.05) is 6.07 Å². The maximum absolute atomic E-state index is 14.6. The molecule has 4 aliphatic rings. The lowest BCUT2D eigenvalue weighted by atomic mass is 9.87. The minimum absolute atomic E-state index is 0.0450. The van der Waals surface area contributed by atoms with E-state index in [1.165, 1.54) is 18.5 Å². The molecule has 2 aromatic carbocycles. The summed E-state index contributed by atoms with van der Waals surface area (Å²) in [6, 6.07) is 5.07. The van der Waals surface area contributed by atoms with Crippen molar-refractivity contribution in [3.63, 3.8) is 0 Å². The fraction of sp³-hybridized carbons (Fsp3) is 0.292. The number of guanidine groups is 1. The number of nitrogens with zero attached hydrogens (tertiary/aromatic N) is 3. The van der Waals surface area contributed by atoms with Crippen LogP contribution in [0.1, 0.15) is 27.8 Å². The first-order valence-electron chi connectivity index (χ1n) is 11.1. The van der Waals surface area contributed by atoms with Gasteiger partial charge in [0.05, 0.1) is 31.1 Å². The van der Waals surface area contributed by atoms with Crippen molar-refractivity contribution in [1.82, 2.24) is 15.5 Å². The Bertz CT molecular complexity index is 1330. The zero-order valence-electron chi connectivity index (χ0n) is 18.2. The smallest absolute Gasteiger partial charge is 0.416 e. The molecule has 4 aliphatic heterocycles. The first kappa shape index (κ1) is 21.6. The fourth-order valence-electron chi connectivity index (χ4n) is 4.96. The Balaban J connectivity index is 1.38. The van der Waals surface area contributed by atoms with Gasteiger partial charge in [0, 0.05) is 35.9 Å². The number of hydrogen-bond acceptors (Lipinski definition) is 4. The topological polar surface area (TPSA) is 78.3 Å². The normalized spacial score (nSPS) is 23.4. The zero-order chi connectivity index (χ0) is 24.3. The number of fused-ring (bicyclic) bond motifs is 3. The van der Waals surface area contributed by atoms with Crippen molar-refractivity contribution in [2.75, 3.05) is 6.61 Å². The maximum Gasteiger partial charge on any atom is 0.416 e. The molecule has 0 fully saturated rings. The summed E-state index contributed by atoms with van der Waals surface area (Å²) in [4.78, 5) is 23.4. The van der Waals surface area contributed by atoms with Crippen molar-refractivity contribution < 1.29 is 27.1 Å². The van der Waals surface area contributed by atoms with Crippen LogP contribution in [0.5, 0.6) is 5.75 Å². The van der Waals surface area contributed by atoms with Crippen LogP contribution >= 0.6 is 0 Å². The Morgan fingerprint density at radius 3 is 2.91 bits per heavy atom. The van der Waals surface area contributed by atoms with Crippen LogP contribution in [0.3, 0.4) is 0 Å². The molecule has 1 amide bonds. The highest BCUT2D eigenvalue weighted by atomic mass is 19.4. The van der Waals surface area contributed by atoms with Crippen LogP contribution in [0.25, 0.3) is 5.57 Å². The number of ether oxygens (including phenoxy) is 1. The van der Waals surface area contributed by atoms with Crippen LogP contribution in [0.15, 0.2) is 46.5 Å². The average Bonchev–Trinajstić information content (AvgIpc) is 3.48.